The molecule has 3 rings (SSSR count). The van der Waals surface area contributed by atoms with Crippen molar-refractivity contribution in [2.45, 2.75) is 18.9 Å². The third kappa shape index (κ3) is 1.73. The van der Waals surface area contributed by atoms with Crippen molar-refractivity contribution in [3.63, 3.8) is 0 Å². The van der Waals surface area contributed by atoms with Crippen LogP contribution in [0.3, 0.4) is 0 Å². The van der Waals surface area contributed by atoms with Crippen molar-refractivity contribution in [1.82, 2.24) is 14.9 Å². The maximum absolute atomic E-state index is 13.6. The van der Waals surface area contributed by atoms with Crippen molar-refractivity contribution in [2.24, 2.45) is 0 Å². The van der Waals surface area contributed by atoms with Crippen LogP contribution < -0.4 is 5.32 Å². The number of imidazole rings is 1. The third-order valence-electron chi connectivity index (χ3n) is 3.31. The number of para-hydroxylation sites is 1. The smallest absolute Gasteiger partial charge is 0.220 e. The van der Waals surface area contributed by atoms with Crippen LogP contribution >= 0.6 is 12.2 Å². The second-order valence-electron chi connectivity index (χ2n) is 4.43. The summed E-state index contributed by atoms with van der Waals surface area (Å²) in [6, 6.07) is 4.99. The van der Waals surface area contributed by atoms with Gasteiger partial charge in [0.05, 0.1) is 11.6 Å². The molecule has 6 heteroatoms. The van der Waals surface area contributed by atoms with E-state index in [0.29, 0.717) is 23.3 Å². The number of halogens is 1. The Morgan fingerprint density at radius 2 is 2.28 bits per heavy atom. The van der Waals surface area contributed by atoms with Gasteiger partial charge in [-0.1, -0.05) is 6.07 Å². The summed E-state index contributed by atoms with van der Waals surface area (Å²) < 4.78 is 16.0. The van der Waals surface area contributed by atoms with E-state index in [-0.39, 0.29) is 17.8 Å². The zero-order valence-electron chi connectivity index (χ0n) is 9.57. The lowest BCUT2D eigenvalue weighted by molar-refractivity contribution is -0.122. The Kier molecular flexibility index (Phi) is 2.66. The van der Waals surface area contributed by atoms with Crippen LogP contribution in [0.1, 0.15) is 18.9 Å². The van der Waals surface area contributed by atoms with E-state index in [4.69, 9.17) is 12.2 Å². The summed E-state index contributed by atoms with van der Waals surface area (Å²) >= 11 is 5.25. The predicted molar refractivity (Wildman–Crippen MR) is 68.4 cm³/mol. The first-order chi connectivity index (χ1) is 8.66. The summed E-state index contributed by atoms with van der Waals surface area (Å²) in [5.74, 6) is -0.249. The molecule has 18 heavy (non-hydrogen) atoms. The Morgan fingerprint density at radius 1 is 1.44 bits per heavy atom. The molecular weight excluding hydrogens is 253 g/mol. The first kappa shape index (κ1) is 11.4. The van der Waals surface area contributed by atoms with Gasteiger partial charge in [-0.25, -0.2) is 4.39 Å². The normalized spacial score (nSPS) is 20.1. The summed E-state index contributed by atoms with van der Waals surface area (Å²) in [7, 11) is 0. The van der Waals surface area contributed by atoms with Gasteiger partial charge in [0.1, 0.15) is 11.3 Å². The lowest BCUT2D eigenvalue weighted by Gasteiger charge is -2.24. The Morgan fingerprint density at radius 3 is 3.00 bits per heavy atom. The van der Waals surface area contributed by atoms with Crippen molar-refractivity contribution < 1.29 is 9.18 Å². The van der Waals surface area contributed by atoms with Crippen molar-refractivity contribution in [3.8, 4) is 0 Å². The highest BCUT2D eigenvalue weighted by Gasteiger charge is 2.22. The van der Waals surface area contributed by atoms with Crippen LogP contribution in [0, 0.1) is 10.6 Å². The number of H-pyrrole nitrogens is 1. The number of fused-ring (bicyclic) bond motifs is 1. The van der Waals surface area contributed by atoms with Crippen LogP contribution in [0.15, 0.2) is 18.2 Å². The van der Waals surface area contributed by atoms with Gasteiger partial charge in [0.15, 0.2) is 4.77 Å². The summed E-state index contributed by atoms with van der Waals surface area (Å²) in [4.78, 5) is 14.1. The summed E-state index contributed by atoms with van der Waals surface area (Å²) in [6.07, 6.45) is 1.21. The molecule has 2 aromatic rings. The minimum atomic E-state index is -0.308. The fourth-order valence-electron chi connectivity index (χ4n) is 2.42. The van der Waals surface area contributed by atoms with E-state index in [0.717, 1.165) is 11.9 Å². The van der Waals surface area contributed by atoms with Gasteiger partial charge < -0.3 is 14.9 Å². The fourth-order valence-corrected chi connectivity index (χ4v) is 2.77. The van der Waals surface area contributed by atoms with Gasteiger partial charge in [0.25, 0.3) is 0 Å². The van der Waals surface area contributed by atoms with Crippen molar-refractivity contribution >= 4 is 29.2 Å². The minimum absolute atomic E-state index is 0.0591. The molecule has 0 spiro atoms. The van der Waals surface area contributed by atoms with Crippen LogP contribution in [-0.2, 0) is 4.79 Å². The number of hydrogen-bond acceptors (Lipinski definition) is 2. The second kappa shape index (κ2) is 4.20. The van der Waals surface area contributed by atoms with E-state index < -0.39 is 0 Å². The minimum Gasteiger partial charge on any atom is -0.354 e. The molecule has 1 aliphatic rings. The number of aromatic amines is 1. The lowest BCUT2D eigenvalue weighted by Crippen LogP contribution is -2.36. The highest BCUT2D eigenvalue weighted by molar-refractivity contribution is 7.71. The third-order valence-corrected chi connectivity index (χ3v) is 3.61. The second-order valence-corrected chi connectivity index (χ2v) is 4.82. The molecule has 1 amide bonds. The van der Waals surface area contributed by atoms with Gasteiger partial charge >= 0.3 is 0 Å². The number of benzene rings is 1. The number of rotatable bonds is 1. The molecule has 2 N–H and O–H groups in total. The number of hydrogen-bond donors (Lipinski definition) is 2. The van der Waals surface area contributed by atoms with Crippen molar-refractivity contribution in [2.75, 3.05) is 6.54 Å². The molecule has 2 heterocycles. The Bertz CT molecular complexity index is 666. The van der Waals surface area contributed by atoms with Crippen molar-refractivity contribution in [3.05, 3.63) is 28.8 Å². The molecule has 1 aliphatic heterocycles. The lowest BCUT2D eigenvalue weighted by atomic mass is 10.1. The number of piperidine rings is 1. The zero-order chi connectivity index (χ0) is 12.7. The first-order valence-corrected chi connectivity index (χ1v) is 6.23. The molecule has 1 aromatic carbocycles. The number of amides is 1. The maximum atomic E-state index is 13.6. The largest absolute Gasteiger partial charge is 0.354 e. The van der Waals surface area contributed by atoms with E-state index in [1.165, 1.54) is 6.07 Å². The number of nitrogens with one attached hydrogen (secondary N) is 2. The van der Waals surface area contributed by atoms with E-state index in [9.17, 15) is 9.18 Å². The Labute approximate surface area is 108 Å². The molecule has 0 saturated carbocycles. The summed E-state index contributed by atoms with van der Waals surface area (Å²) in [5.41, 5.74) is 1.18. The number of carbonyl (C=O) groups excluding carboxylic acids is 1. The highest BCUT2D eigenvalue weighted by Crippen LogP contribution is 2.25. The molecule has 1 aromatic heterocycles. The van der Waals surface area contributed by atoms with Crippen LogP contribution in [-0.4, -0.2) is 22.0 Å². The van der Waals surface area contributed by atoms with E-state index >= 15 is 0 Å². The van der Waals surface area contributed by atoms with Crippen LogP contribution in [0.25, 0.3) is 11.0 Å². The molecule has 1 unspecified atom stereocenters. The number of aromatic nitrogens is 2. The molecule has 0 bridgehead atoms. The van der Waals surface area contributed by atoms with Gasteiger partial charge in [-0.05, 0) is 30.8 Å². The van der Waals surface area contributed by atoms with Crippen molar-refractivity contribution in [1.29, 1.82) is 0 Å². The van der Waals surface area contributed by atoms with Gasteiger partial charge in [-0.15, -0.1) is 0 Å². The van der Waals surface area contributed by atoms with E-state index in [1.807, 2.05) is 10.6 Å². The van der Waals surface area contributed by atoms with Gasteiger partial charge in [-0.2, -0.15) is 0 Å². The van der Waals surface area contributed by atoms with Gasteiger partial charge in [0.2, 0.25) is 5.91 Å². The summed E-state index contributed by atoms with van der Waals surface area (Å²) in [5, 5.41) is 2.81. The van der Waals surface area contributed by atoms with Gasteiger partial charge in [-0.3, -0.25) is 4.79 Å². The topological polar surface area (TPSA) is 49.8 Å². The maximum Gasteiger partial charge on any atom is 0.220 e. The molecule has 1 fully saturated rings. The average molecular weight is 265 g/mol. The van der Waals surface area contributed by atoms with E-state index in [1.54, 1.807) is 6.07 Å². The van der Waals surface area contributed by atoms with Gasteiger partial charge in [0, 0.05) is 13.0 Å². The average Bonchev–Trinajstić information content (AvgIpc) is 2.69. The van der Waals surface area contributed by atoms with Crippen LogP contribution in [0.5, 0.6) is 0 Å². The zero-order valence-corrected chi connectivity index (χ0v) is 10.4. The monoisotopic (exact) mass is 265 g/mol. The van der Waals surface area contributed by atoms with Crippen LogP contribution in [0.4, 0.5) is 4.39 Å². The molecule has 0 aliphatic carbocycles. The Balaban J connectivity index is 2.12. The highest BCUT2D eigenvalue weighted by atomic mass is 32.1. The number of carbonyl (C=O) groups is 1. The predicted octanol–water partition coefficient (Wildman–Crippen LogP) is 2.29. The number of nitrogens with zero attached hydrogens (tertiary/aromatic N) is 1. The molecule has 94 valence electrons. The molecule has 1 atom stereocenters. The van der Waals surface area contributed by atoms with E-state index in [2.05, 4.69) is 10.3 Å². The SMILES string of the molecule is O=C1CCC(n2c(=S)[nH]c3c(F)cccc32)CN1. The standard InChI is InChI=1S/C12H12FN3OS/c13-8-2-1-3-9-11(8)15-12(18)16(9)7-4-5-10(17)14-6-7/h1-3,7H,4-6H2,(H,14,17)(H,15,18). The quantitative estimate of drug-likeness (QED) is 0.777. The fraction of sp³-hybridized carbons (Fsp3) is 0.333. The summed E-state index contributed by atoms with van der Waals surface area (Å²) in [6.45, 7) is 0.538. The molecular formula is C12H12FN3OS. The Hall–Kier alpha value is -1.69. The molecule has 0 radical (unpaired) electrons. The molecule has 1 saturated heterocycles. The first-order valence-electron chi connectivity index (χ1n) is 5.82. The van der Waals surface area contributed by atoms with Crippen LogP contribution in [0.2, 0.25) is 0 Å². The molecule has 4 nitrogen and oxygen atoms in total.